The predicted molar refractivity (Wildman–Crippen MR) is 199 cm³/mol. The van der Waals surface area contributed by atoms with Gasteiger partial charge in [-0.25, -0.2) is 29.9 Å². The first kappa shape index (κ1) is 36.0. The van der Waals surface area contributed by atoms with Crippen molar-refractivity contribution >= 4 is 44.1 Å². The van der Waals surface area contributed by atoms with Crippen LogP contribution in [0.3, 0.4) is 0 Å². The molecule has 0 aliphatic heterocycles. The van der Waals surface area contributed by atoms with Crippen LogP contribution < -0.4 is 18.9 Å². The van der Waals surface area contributed by atoms with Crippen molar-refractivity contribution in [2.45, 2.75) is 12.4 Å². The van der Waals surface area contributed by atoms with E-state index in [1.807, 2.05) is 0 Å². The van der Waals surface area contributed by atoms with Crippen molar-refractivity contribution in [3.63, 3.8) is 0 Å². The lowest BCUT2D eigenvalue weighted by Gasteiger charge is -2.17. The minimum absolute atomic E-state index is 0.0397. The highest BCUT2D eigenvalue weighted by Gasteiger charge is 2.43. The first-order chi connectivity index (χ1) is 28.0. The van der Waals surface area contributed by atoms with E-state index < -0.39 is 34.5 Å². The van der Waals surface area contributed by atoms with Gasteiger partial charge >= 0.3 is 12.4 Å². The van der Waals surface area contributed by atoms with E-state index >= 15 is 0 Å². The van der Waals surface area contributed by atoms with Crippen LogP contribution in [-0.4, -0.2) is 29.9 Å². The third kappa shape index (κ3) is 7.02. The Morgan fingerprint density at radius 1 is 0.310 bits per heavy atom. The summed E-state index contributed by atoms with van der Waals surface area (Å²) in [5.74, 6) is 0.673. The van der Waals surface area contributed by atoms with Gasteiger partial charge < -0.3 is 18.9 Å². The molecule has 0 unspecified atom stereocenters. The molecule has 3 heterocycles. The van der Waals surface area contributed by atoms with Gasteiger partial charge in [-0.1, -0.05) is 72.8 Å². The SMILES string of the molecule is FC(F)(F)c1cc2nc3c4nc(Oc5ccccc5)c(Oc5ccccc5)nc4c4nc(Oc5ccccc5)c(Oc5ccccc5)nc4c3nc2cc1C(F)(F)F. The fourth-order valence-corrected chi connectivity index (χ4v) is 6.04. The van der Waals surface area contributed by atoms with E-state index in [0.29, 0.717) is 35.1 Å². The van der Waals surface area contributed by atoms with Crippen LogP contribution in [0.4, 0.5) is 26.3 Å². The number of aromatic nitrogens is 6. The van der Waals surface area contributed by atoms with Gasteiger partial charge in [0.15, 0.2) is 0 Å². The first-order valence-corrected chi connectivity index (χ1v) is 17.2. The van der Waals surface area contributed by atoms with Crippen LogP contribution in [-0.2, 0) is 12.4 Å². The molecule has 9 rings (SSSR count). The summed E-state index contributed by atoms with van der Waals surface area (Å²) in [4.78, 5) is 27.9. The van der Waals surface area contributed by atoms with Crippen LogP contribution in [0.2, 0.25) is 0 Å². The summed E-state index contributed by atoms with van der Waals surface area (Å²) >= 11 is 0. The van der Waals surface area contributed by atoms with E-state index in [9.17, 15) is 26.3 Å². The number of ether oxygens (including phenoxy) is 4. The minimum atomic E-state index is -5.38. The maximum Gasteiger partial charge on any atom is 0.417 e. The topological polar surface area (TPSA) is 114 Å². The lowest BCUT2D eigenvalue weighted by Crippen LogP contribution is -2.16. The van der Waals surface area contributed by atoms with Gasteiger partial charge in [0.1, 0.15) is 56.1 Å². The second kappa shape index (κ2) is 14.1. The second-order valence-corrected chi connectivity index (χ2v) is 12.5. The molecule has 3 aromatic heterocycles. The molecule has 9 aromatic rings. The maximum absolute atomic E-state index is 14.1. The number of hydrogen-bond acceptors (Lipinski definition) is 10. The highest BCUT2D eigenvalue weighted by atomic mass is 19.4. The fourth-order valence-electron chi connectivity index (χ4n) is 6.04. The standard InChI is InChI=1S/C42H22F6N6O4/c43-41(44,45)27-21-29-30(22-28(27)42(46,47)48)50-32-31(49-29)33-35(53-39(57-25-17-9-3-10-18-25)37(51-33)55-23-13-5-1-6-14-23)36-34(32)52-38(56-24-15-7-2-8-16-24)40(54-36)58-26-19-11-4-12-20-26/h1-22H. The molecule has 0 atom stereocenters. The second-order valence-electron chi connectivity index (χ2n) is 12.5. The van der Waals surface area contributed by atoms with Crippen molar-refractivity contribution < 1.29 is 45.3 Å². The Balaban J connectivity index is 1.40. The summed E-state index contributed by atoms with van der Waals surface area (Å²) in [6, 6.07) is 34.8. The van der Waals surface area contributed by atoms with Crippen molar-refractivity contribution in [2.24, 2.45) is 0 Å². The van der Waals surface area contributed by atoms with Crippen molar-refractivity contribution in [1.82, 2.24) is 29.9 Å². The molecule has 0 spiro atoms. The summed E-state index contributed by atoms with van der Waals surface area (Å²) in [6.45, 7) is 0. The van der Waals surface area contributed by atoms with Gasteiger partial charge in [-0.3, -0.25) is 0 Å². The Morgan fingerprint density at radius 3 is 0.759 bits per heavy atom. The smallest absolute Gasteiger partial charge is 0.417 e. The Bertz CT molecular complexity index is 2780. The zero-order chi connectivity index (χ0) is 40.0. The summed E-state index contributed by atoms with van der Waals surface area (Å²) in [7, 11) is 0. The quantitative estimate of drug-likeness (QED) is 0.0837. The third-order valence-electron chi connectivity index (χ3n) is 8.59. The Morgan fingerprint density at radius 2 is 0.534 bits per heavy atom. The number of fused-ring (bicyclic) bond motifs is 7. The molecule has 0 saturated heterocycles. The van der Waals surface area contributed by atoms with Crippen LogP contribution in [0.25, 0.3) is 44.1 Å². The Labute approximate surface area is 322 Å². The van der Waals surface area contributed by atoms with Gasteiger partial charge in [-0.15, -0.1) is 0 Å². The normalized spacial score (nSPS) is 12.0. The molecule has 0 bridgehead atoms. The fraction of sp³-hybridized carbons (Fsp3) is 0.0476. The number of hydrogen-bond donors (Lipinski definition) is 0. The molecule has 6 aromatic carbocycles. The number of rotatable bonds is 8. The van der Waals surface area contributed by atoms with E-state index in [1.54, 1.807) is 121 Å². The number of benzene rings is 6. The molecule has 0 aliphatic rings. The van der Waals surface area contributed by atoms with Gasteiger partial charge in [-0.2, -0.15) is 26.3 Å². The van der Waals surface area contributed by atoms with Gasteiger partial charge in [0.05, 0.1) is 22.2 Å². The lowest BCUT2D eigenvalue weighted by molar-refractivity contribution is -0.161. The Hall–Kier alpha value is -7.62. The van der Waals surface area contributed by atoms with E-state index in [2.05, 4.69) is 9.97 Å². The minimum Gasteiger partial charge on any atom is -0.435 e. The Kier molecular flexibility index (Phi) is 8.79. The molecule has 58 heavy (non-hydrogen) atoms. The third-order valence-corrected chi connectivity index (χ3v) is 8.59. The molecule has 0 radical (unpaired) electrons. The van der Waals surface area contributed by atoms with E-state index in [1.165, 1.54) is 0 Å². The van der Waals surface area contributed by atoms with Crippen LogP contribution >= 0.6 is 0 Å². The number of para-hydroxylation sites is 4. The predicted octanol–water partition coefficient (Wildman–Crippen LogP) is 11.9. The van der Waals surface area contributed by atoms with Crippen molar-refractivity contribution in [1.29, 1.82) is 0 Å². The van der Waals surface area contributed by atoms with Crippen LogP contribution in [0, 0.1) is 0 Å². The van der Waals surface area contributed by atoms with E-state index in [4.69, 9.17) is 38.9 Å². The van der Waals surface area contributed by atoms with Gasteiger partial charge in [0.2, 0.25) is 0 Å². The molecular formula is C42H22F6N6O4. The first-order valence-electron chi connectivity index (χ1n) is 17.2. The van der Waals surface area contributed by atoms with Gasteiger partial charge in [-0.05, 0) is 60.7 Å². The van der Waals surface area contributed by atoms with Crippen LogP contribution in [0.15, 0.2) is 133 Å². The van der Waals surface area contributed by atoms with E-state index in [-0.39, 0.29) is 56.6 Å². The average Bonchev–Trinajstić information content (AvgIpc) is 3.21. The number of nitrogens with zero attached hydrogens (tertiary/aromatic N) is 6. The molecular weight excluding hydrogens is 766 g/mol. The van der Waals surface area contributed by atoms with Crippen molar-refractivity contribution in [3.05, 3.63) is 145 Å². The molecule has 286 valence electrons. The molecule has 16 heteroatoms. The van der Waals surface area contributed by atoms with Crippen molar-refractivity contribution in [3.8, 4) is 46.5 Å². The summed E-state index contributed by atoms with van der Waals surface area (Å²) in [6.07, 6.45) is -10.8. The molecule has 0 N–H and O–H groups in total. The zero-order valence-electron chi connectivity index (χ0n) is 29.3. The summed E-state index contributed by atoms with van der Waals surface area (Å²) < 4.78 is 109. The van der Waals surface area contributed by atoms with Gasteiger partial charge in [0.25, 0.3) is 23.5 Å². The molecule has 0 fully saturated rings. The maximum atomic E-state index is 14.1. The van der Waals surface area contributed by atoms with Crippen molar-refractivity contribution in [2.75, 3.05) is 0 Å². The zero-order valence-corrected chi connectivity index (χ0v) is 29.3. The van der Waals surface area contributed by atoms with Crippen LogP contribution in [0.1, 0.15) is 11.1 Å². The molecule has 0 aliphatic carbocycles. The molecule has 0 amide bonds. The number of alkyl halides is 6. The van der Waals surface area contributed by atoms with E-state index in [0.717, 1.165) is 0 Å². The van der Waals surface area contributed by atoms with Crippen LogP contribution in [0.5, 0.6) is 46.5 Å². The largest absolute Gasteiger partial charge is 0.435 e. The highest BCUT2D eigenvalue weighted by Crippen LogP contribution is 2.44. The summed E-state index contributed by atoms with van der Waals surface area (Å²) in [5, 5.41) is 0. The molecule has 10 nitrogen and oxygen atoms in total. The highest BCUT2D eigenvalue weighted by molar-refractivity contribution is 6.19. The summed E-state index contributed by atoms with van der Waals surface area (Å²) in [5.41, 5.74) is -5.56. The lowest BCUT2D eigenvalue weighted by atomic mass is 10.0. The average molecular weight is 789 g/mol. The number of halogens is 6. The monoisotopic (exact) mass is 788 g/mol. The van der Waals surface area contributed by atoms with Gasteiger partial charge in [0, 0.05) is 0 Å². The molecule has 0 saturated carbocycles.